The van der Waals surface area contributed by atoms with E-state index in [1.807, 2.05) is 19.0 Å². The number of hydrogen-bond acceptors (Lipinski definition) is 7. The highest BCUT2D eigenvalue weighted by atomic mass is 35.5. The Morgan fingerprint density at radius 1 is 1.28 bits per heavy atom. The number of amides is 1. The molecule has 166 valence electrons. The Morgan fingerprint density at radius 3 is 2.66 bits per heavy atom. The fraction of sp³-hybridized carbons (Fsp3) is 0.261. The van der Waals surface area contributed by atoms with Crippen molar-refractivity contribution in [2.75, 3.05) is 34.3 Å². The van der Waals surface area contributed by atoms with Gasteiger partial charge in [0.15, 0.2) is 22.9 Å². The van der Waals surface area contributed by atoms with Crippen molar-refractivity contribution in [3.05, 3.63) is 70.4 Å². The van der Waals surface area contributed by atoms with E-state index < -0.39 is 23.5 Å². The van der Waals surface area contributed by atoms with Gasteiger partial charge in [-0.15, -0.1) is 0 Å². The molecule has 0 bridgehead atoms. The van der Waals surface area contributed by atoms with Crippen LogP contribution in [-0.2, 0) is 4.79 Å². The summed E-state index contributed by atoms with van der Waals surface area (Å²) in [6.07, 6.45) is 3.16. The highest BCUT2D eigenvalue weighted by molar-refractivity contribution is 6.31. The normalized spacial score (nSPS) is 16.5. The molecule has 0 saturated heterocycles. The zero-order valence-electron chi connectivity index (χ0n) is 17.8. The van der Waals surface area contributed by atoms with Gasteiger partial charge in [0.2, 0.25) is 5.78 Å². The van der Waals surface area contributed by atoms with E-state index in [9.17, 15) is 14.7 Å². The Hall–Kier alpha value is -3.36. The van der Waals surface area contributed by atoms with Gasteiger partial charge in [0.05, 0.1) is 18.7 Å². The second-order valence-corrected chi connectivity index (χ2v) is 8.15. The first kappa shape index (κ1) is 21.9. The Bertz CT molecular complexity index is 1220. The van der Waals surface area contributed by atoms with Gasteiger partial charge in [-0.25, -0.2) is 0 Å². The largest absolute Gasteiger partial charge is 0.503 e. The minimum atomic E-state index is -0.767. The molecule has 1 aromatic carbocycles. The van der Waals surface area contributed by atoms with Crippen molar-refractivity contribution in [1.82, 2.24) is 14.8 Å². The summed E-state index contributed by atoms with van der Waals surface area (Å²) in [5.41, 5.74) is 0.981. The molecule has 0 saturated carbocycles. The standard InChI is InChI=1S/C23H22ClN3O5/c1-26(2)8-9-27-19(13-4-6-25-7-5-13)18(21(29)23(27)30)20(28)16-11-14-10-15(24)12-17(31-3)22(14)32-16/h4-7,10-12,19,29H,8-9H2,1-3H3. The summed E-state index contributed by atoms with van der Waals surface area (Å²) >= 11 is 6.13. The number of aliphatic hydroxyl groups is 1. The number of rotatable bonds is 7. The number of furan rings is 1. The van der Waals surface area contributed by atoms with Crippen molar-refractivity contribution < 1.29 is 23.8 Å². The highest BCUT2D eigenvalue weighted by Crippen LogP contribution is 2.40. The van der Waals surface area contributed by atoms with Crippen molar-refractivity contribution in [2.24, 2.45) is 0 Å². The Balaban J connectivity index is 1.80. The van der Waals surface area contributed by atoms with E-state index in [0.29, 0.717) is 40.4 Å². The molecule has 3 heterocycles. The zero-order valence-corrected chi connectivity index (χ0v) is 18.6. The molecule has 2 aromatic heterocycles. The van der Waals surface area contributed by atoms with E-state index in [2.05, 4.69) is 4.98 Å². The number of hydrogen-bond donors (Lipinski definition) is 1. The van der Waals surface area contributed by atoms with Crippen LogP contribution >= 0.6 is 11.6 Å². The van der Waals surface area contributed by atoms with Crippen molar-refractivity contribution >= 4 is 34.3 Å². The number of Topliss-reactive ketones (excluding diaryl/α,β-unsaturated/α-hetero) is 1. The van der Waals surface area contributed by atoms with Crippen molar-refractivity contribution in [3.8, 4) is 5.75 Å². The molecule has 3 aromatic rings. The number of carbonyl (C=O) groups excluding carboxylic acids is 2. The molecular formula is C23H22ClN3O5. The minimum Gasteiger partial charge on any atom is -0.503 e. The van der Waals surface area contributed by atoms with Gasteiger partial charge in [0, 0.05) is 42.0 Å². The van der Waals surface area contributed by atoms with E-state index in [1.165, 1.54) is 18.1 Å². The van der Waals surface area contributed by atoms with Gasteiger partial charge in [0.1, 0.15) is 0 Å². The maximum Gasteiger partial charge on any atom is 0.290 e. The van der Waals surface area contributed by atoms with Gasteiger partial charge in [-0.1, -0.05) is 11.6 Å². The van der Waals surface area contributed by atoms with Crippen LogP contribution in [0.2, 0.25) is 5.02 Å². The number of methoxy groups -OCH3 is 1. The molecule has 1 unspecified atom stereocenters. The number of aliphatic hydroxyl groups excluding tert-OH is 1. The number of benzene rings is 1. The first-order valence-electron chi connectivity index (χ1n) is 9.92. The van der Waals surface area contributed by atoms with Crippen molar-refractivity contribution in [3.63, 3.8) is 0 Å². The molecule has 1 amide bonds. The number of fused-ring (bicyclic) bond motifs is 1. The molecule has 1 aliphatic rings. The van der Waals surface area contributed by atoms with Gasteiger partial charge < -0.3 is 24.1 Å². The average Bonchev–Trinajstić information content (AvgIpc) is 3.31. The van der Waals surface area contributed by atoms with Crippen molar-refractivity contribution in [1.29, 1.82) is 0 Å². The smallest absolute Gasteiger partial charge is 0.290 e. The SMILES string of the molecule is COc1cc(Cl)cc2cc(C(=O)C3=C(O)C(=O)N(CCN(C)C)C3c3ccncc3)oc12. The maximum absolute atomic E-state index is 13.5. The van der Waals surface area contributed by atoms with Crippen LogP contribution in [0.4, 0.5) is 0 Å². The predicted molar refractivity (Wildman–Crippen MR) is 119 cm³/mol. The Labute approximate surface area is 189 Å². The molecule has 8 nitrogen and oxygen atoms in total. The van der Waals surface area contributed by atoms with Crippen LogP contribution in [0.15, 0.2) is 58.5 Å². The quantitative estimate of drug-likeness (QED) is 0.543. The summed E-state index contributed by atoms with van der Waals surface area (Å²) in [6.45, 7) is 0.881. The van der Waals surface area contributed by atoms with Gasteiger partial charge in [-0.05, 0) is 43.9 Å². The first-order valence-corrected chi connectivity index (χ1v) is 10.3. The number of ether oxygens (including phenoxy) is 1. The molecule has 0 aliphatic carbocycles. The number of ketones is 1. The monoisotopic (exact) mass is 455 g/mol. The second kappa shape index (κ2) is 8.64. The molecule has 32 heavy (non-hydrogen) atoms. The van der Waals surface area contributed by atoms with E-state index in [0.717, 1.165) is 0 Å². The van der Waals surface area contributed by atoms with Crippen LogP contribution in [-0.4, -0.2) is 65.9 Å². The lowest BCUT2D eigenvalue weighted by Crippen LogP contribution is -2.36. The molecule has 0 spiro atoms. The van der Waals surface area contributed by atoms with E-state index in [-0.39, 0.29) is 11.3 Å². The fourth-order valence-corrected chi connectivity index (χ4v) is 4.02. The lowest BCUT2D eigenvalue weighted by molar-refractivity contribution is -0.129. The van der Waals surface area contributed by atoms with Crippen LogP contribution in [0.5, 0.6) is 5.75 Å². The molecule has 1 aliphatic heterocycles. The maximum atomic E-state index is 13.5. The van der Waals surface area contributed by atoms with Crippen molar-refractivity contribution in [2.45, 2.75) is 6.04 Å². The van der Waals surface area contributed by atoms with E-state index in [4.69, 9.17) is 20.8 Å². The number of nitrogens with zero attached hydrogens (tertiary/aromatic N) is 3. The predicted octanol–water partition coefficient (Wildman–Crippen LogP) is 3.63. The number of pyridine rings is 1. The van der Waals surface area contributed by atoms with Crippen LogP contribution in [0.1, 0.15) is 22.2 Å². The summed E-state index contributed by atoms with van der Waals surface area (Å²) in [5, 5.41) is 11.7. The lowest BCUT2D eigenvalue weighted by Gasteiger charge is -2.27. The second-order valence-electron chi connectivity index (χ2n) is 7.71. The van der Waals surface area contributed by atoms with Gasteiger partial charge in [0.25, 0.3) is 5.91 Å². The van der Waals surface area contributed by atoms with Crippen LogP contribution < -0.4 is 4.74 Å². The number of halogens is 1. The fourth-order valence-electron chi connectivity index (χ4n) is 3.80. The molecule has 4 rings (SSSR count). The van der Waals surface area contributed by atoms with Crippen LogP contribution in [0.25, 0.3) is 11.0 Å². The Kier molecular flexibility index (Phi) is 5.90. The number of carbonyl (C=O) groups is 2. The molecule has 0 fully saturated rings. The summed E-state index contributed by atoms with van der Waals surface area (Å²) in [7, 11) is 5.24. The third-order valence-corrected chi connectivity index (χ3v) is 5.57. The third kappa shape index (κ3) is 3.83. The van der Waals surface area contributed by atoms with Gasteiger partial charge >= 0.3 is 0 Å². The minimum absolute atomic E-state index is 0.0246. The molecule has 0 radical (unpaired) electrons. The van der Waals surface area contributed by atoms with Crippen LogP contribution in [0.3, 0.4) is 0 Å². The average molecular weight is 456 g/mol. The number of aromatic nitrogens is 1. The molecule has 9 heteroatoms. The highest BCUT2D eigenvalue weighted by Gasteiger charge is 2.44. The number of likely N-dealkylation sites (N-methyl/N-ethyl adjacent to an activating group) is 1. The Morgan fingerprint density at radius 2 is 2.00 bits per heavy atom. The molecule has 1 N–H and O–H groups in total. The summed E-state index contributed by atoms with van der Waals surface area (Å²) < 4.78 is 11.1. The van der Waals surface area contributed by atoms with Crippen LogP contribution in [0, 0.1) is 0 Å². The summed E-state index contributed by atoms with van der Waals surface area (Å²) in [6, 6.07) is 7.43. The van der Waals surface area contributed by atoms with Gasteiger partial charge in [-0.2, -0.15) is 0 Å². The third-order valence-electron chi connectivity index (χ3n) is 5.35. The van der Waals surface area contributed by atoms with E-state index in [1.54, 1.807) is 36.7 Å². The van der Waals surface area contributed by atoms with E-state index >= 15 is 0 Å². The first-order chi connectivity index (χ1) is 15.3. The lowest BCUT2D eigenvalue weighted by atomic mass is 9.95. The van der Waals surface area contributed by atoms with Gasteiger partial charge in [-0.3, -0.25) is 14.6 Å². The summed E-state index contributed by atoms with van der Waals surface area (Å²) in [5.74, 6) is -1.41. The topological polar surface area (TPSA) is 96.1 Å². The molecule has 1 atom stereocenters. The summed E-state index contributed by atoms with van der Waals surface area (Å²) in [4.78, 5) is 33.9. The zero-order chi connectivity index (χ0) is 23.0. The molecular weight excluding hydrogens is 434 g/mol.